The molecule has 0 aliphatic carbocycles. The van der Waals surface area contributed by atoms with Gasteiger partial charge in [0.1, 0.15) is 12.2 Å². The van der Waals surface area contributed by atoms with Crippen LogP contribution in [0, 0.1) is 0 Å². The van der Waals surface area contributed by atoms with E-state index in [9.17, 15) is 5.11 Å². The first-order valence-electron chi connectivity index (χ1n) is 7.89. The molecule has 1 N–H and O–H groups in total. The van der Waals surface area contributed by atoms with Crippen molar-refractivity contribution < 1.29 is 9.84 Å². The molecular weight excluding hydrogens is 274 g/mol. The summed E-state index contributed by atoms with van der Waals surface area (Å²) in [6.45, 7) is 4.51. The molecule has 0 aromatic heterocycles. The lowest BCUT2D eigenvalue weighted by Gasteiger charge is -2.38. The molecule has 3 rings (SSSR count). The molecular formula is C19H23NO2. The molecule has 1 saturated heterocycles. The van der Waals surface area contributed by atoms with Crippen LogP contribution in [0.25, 0.3) is 0 Å². The number of nitrogens with zero attached hydrogens (tertiary/aromatic N) is 1. The summed E-state index contributed by atoms with van der Waals surface area (Å²) < 4.78 is 5.82. The third kappa shape index (κ3) is 3.38. The molecule has 3 nitrogen and oxygen atoms in total. The van der Waals surface area contributed by atoms with Gasteiger partial charge in [0.25, 0.3) is 0 Å². The maximum absolute atomic E-state index is 10.6. The molecule has 22 heavy (non-hydrogen) atoms. The van der Waals surface area contributed by atoms with E-state index in [1.165, 1.54) is 5.56 Å². The molecule has 2 aromatic carbocycles. The number of hydrogen-bond acceptors (Lipinski definition) is 3. The molecule has 0 saturated carbocycles. The van der Waals surface area contributed by atoms with Crippen molar-refractivity contribution in [1.29, 1.82) is 0 Å². The predicted molar refractivity (Wildman–Crippen MR) is 87.6 cm³/mol. The van der Waals surface area contributed by atoms with Crippen LogP contribution in [0.1, 0.15) is 30.2 Å². The van der Waals surface area contributed by atoms with Gasteiger partial charge in [-0.15, -0.1) is 0 Å². The van der Waals surface area contributed by atoms with Crippen LogP contribution in [0.3, 0.4) is 0 Å². The first kappa shape index (κ1) is 15.2. The minimum absolute atomic E-state index is 0.178. The van der Waals surface area contributed by atoms with Gasteiger partial charge in [-0.3, -0.25) is 4.90 Å². The number of morpholine rings is 1. The Morgan fingerprint density at radius 2 is 1.59 bits per heavy atom. The Balaban J connectivity index is 1.69. The van der Waals surface area contributed by atoms with Crippen LogP contribution in [0.4, 0.5) is 0 Å². The van der Waals surface area contributed by atoms with Gasteiger partial charge in [-0.25, -0.2) is 0 Å². The Morgan fingerprint density at radius 1 is 1.00 bits per heavy atom. The quantitative estimate of drug-likeness (QED) is 0.941. The second kappa shape index (κ2) is 7.05. The van der Waals surface area contributed by atoms with Gasteiger partial charge in [-0.1, -0.05) is 60.7 Å². The average molecular weight is 297 g/mol. The van der Waals surface area contributed by atoms with Gasteiger partial charge in [0.2, 0.25) is 0 Å². The maximum Gasteiger partial charge on any atom is 0.106 e. The third-order valence-electron chi connectivity index (χ3n) is 4.45. The topological polar surface area (TPSA) is 32.7 Å². The lowest BCUT2D eigenvalue weighted by atomic mass is 10.0. The second-order valence-electron chi connectivity index (χ2n) is 5.85. The number of rotatable bonds is 4. The van der Waals surface area contributed by atoms with Crippen molar-refractivity contribution in [2.24, 2.45) is 0 Å². The summed E-state index contributed by atoms with van der Waals surface area (Å²) in [5.41, 5.74) is 2.22. The van der Waals surface area contributed by atoms with Crippen molar-refractivity contribution in [2.75, 3.05) is 19.7 Å². The number of ether oxygens (including phenoxy) is 1. The van der Waals surface area contributed by atoms with Crippen LogP contribution in [0.5, 0.6) is 0 Å². The third-order valence-corrected chi connectivity index (χ3v) is 4.45. The Bertz CT molecular complexity index is 521. The van der Waals surface area contributed by atoms with Crippen molar-refractivity contribution in [1.82, 2.24) is 4.90 Å². The summed E-state index contributed by atoms with van der Waals surface area (Å²) in [6, 6.07) is 20.6. The van der Waals surface area contributed by atoms with E-state index in [-0.39, 0.29) is 6.10 Å². The first-order valence-corrected chi connectivity index (χ1v) is 7.89. The summed E-state index contributed by atoms with van der Waals surface area (Å²) in [6.07, 6.45) is -0.755. The van der Waals surface area contributed by atoms with E-state index in [1.807, 2.05) is 36.4 Å². The molecule has 3 heteroatoms. The number of aliphatic hydroxyl groups excluding tert-OH is 1. The Kier molecular flexibility index (Phi) is 4.88. The van der Waals surface area contributed by atoms with Crippen molar-refractivity contribution in [3.8, 4) is 0 Å². The normalized spacial score (nSPS) is 22.2. The lowest BCUT2D eigenvalue weighted by Crippen LogP contribution is -2.46. The van der Waals surface area contributed by atoms with Crippen LogP contribution in [-0.4, -0.2) is 35.8 Å². The SMILES string of the molecule is CC(c1ccccc1)N1CCO[C@H]([C@H](O)c2ccccc2)C1. The molecule has 1 heterocycles. The molecule has 0 spiro atoms. The molecule has 3 atom stereocenters. The molecule has 1 fully saturated rings. The monoisotopic (exact) mass is 297 g/mol. The van der Waals surface area contributed by atoms with E-state index in [1.54, 1.807) is 0 Å². The van der Waals surface area contributed by atoms with Gasteiger partial charge in [0.05, 0.1) is 6.61 Å². The predicted octanol–water partition coefficient (Wildman–Crippen LogP) is 3.18. The van der Waals surface area contributed by atoms with Gasteiger partial charge in [0, 0.05) is 19.1 Å². The van der Waals surface area contributed by atoms with Crippen LogP contribution in [0.15, 0.2) is 60.7 Å². The van der Waals surface area contributed by atoms with E-state index in [4.69, 9.17) is 4.74 Å². The van der Waals surface area contributed by atoms with Gasteiger partial charge < -0.3 is 9.84 Å². The van der Waals surface area contributed by atoms with Gasteiger partial charge >= 0.3 is 0 Å². The van der Waals surface area contributed by atoms with Gasteiger partial charge in [-0.05, 0) is 18.1 Å². The standard InChI is InChI=1S/C19H23NO2/c1-15(16-8-4-2-5-9-16)20-12-13-22-18(14-20)19(21)17-10-6-3-7-11-17/h2-11,15,18-19,21H,12-14H2,1H3/t15?,18-,19+/m0/s1. The van der Waals surface area contributed by atoms with Crippen molar-refractivity contribution in [3.05, 3.63) is 71.8 Å². The van der Waals surface area contributed by atoms with E-state index >= 15 is 0 Å². The van der Waals surface area contributed by atoms with Crippen molar-refractivity contribution in [3.63, 3.8) is 0 Å². The molecule has 116 valence electrons. The number of hydrogen-bond donors (Lipinski definition) is 1. The molecule has 1 unspecified atom stereocenters. The first-order chi connectivity index (χ1) is 10.8. The highest BCUT2D eigenvalue weighted by atomic mass is 16.5. The van der Waals surface area contributed by atoms with Crippen LogP contribution < -0.4 is 0 Å². The van der Waals surface area contributed by atoms with Crippen LogP contribution in [-0.2, 0) is 4.74 Å². The zero-order valence-electron chi connectivity index (χ0n) is 12.9. The fraction of sp³-hybridized carbons (Fsp3) is 0.368. The number of aliphatic hydroxyl groups is 1. The summed E-state index contributed by atoms with van der Waals surface area (Å²) in [4.78, 5) is 2.38. The van der Waals surface area contributed by atoms with Crippen LogP contribution in [0.2, 0.25) is 0 Å². The molecule has 1 aliphatic heterocycles. The zero-order chi connectivity index (χ0) is 15.4. The van der Waals surface area contributed by atoms with Gasteiger partial charge in [0.15, 0.2) is 0 Å². The highest BCUT2D eigenvalue weighted by Crippen LogP contribution is 2.27. The van der Waals surface area contributed by atoms with Crippen molar-refractivity contribution >= 4 is 0 Å². The minimum Gasteiger partial charge on any atom is -0.386 e. The smallest absolute Gasteiger partial charge is 0.106 e. The van der Waals surface area contributed by atoms with E-state index in [0.717, 1.165) is 18.7 Å². The molecule has 0 radical (unpaired) electrons. The molecule has 0 amide bonds. The minimum atomic E-state index is -0.577. The van der Waals surface area contributed by atoms with E-state index < -0.39 is 6.10 Å². The highest BCUT2D eigenvalue weighted by Gasteiger charge is 2.30. The Hall–Kier alpha value is -1.68. The summed E-state index contributed by atoms with van der Waals surface area (Å²) in [5, 5.41) is 10.6. The average Bonchev–Trinajstić information content (AvgIpc) is 2.62. The highest BCUT2D eigenvalue weighted by molar-refractivity contribution is 5.20. The van der Waals surface area contributed by atoms with E-state index in [0.29, 0.717) is 12.6 Å². The molecule has 0 bridgehead atoms. The maximum atomic E-state index is 10.6. The Morgan fingerprint density at radius 3 is 2.23 bits per heavy atom. The number of benzene rings is 2. The Labute approximate surface area is 132 Å². The molecule has 1 aliphatic rings. The van der Waals surface area contributed by atoms with Crippen molar-refractivity contribution in [2.45, 2.75) is 25.2 Å². The summed E-state index contributed by atoms with van der Waals surface area (Å²) in [7, 11) is 0. The lowest BCUT2D eigenvalue weighted by molar-refractivity contribution is -0.0980. The van der Waals surface area contributed by atoms with Crippen LogP contribution >= 0.6 is 0 Å². The largest absolute Gasteiger partial charge is 0.386 e. The fourth-order valence-corrected chi connectivity index (χ4v) is 3.05. The molecule has 2 aromatic rings. The van der Waals surface area contributed by atoms with E-state index in [2.05, 4.69) is 36.1 Å². The zero-order valence-corrected chi connectivity index (χ0v) is 12.9. The summed E-state index contributed by atoms with van der Waals surface area (Å²) >= 11 is 0. The fourth-order valence-electron chi connectivity index (χ4n) is 3.05. The van der Waals surface area contributed by atoms with Gasteiger partial charge in [-0.2, -0.15) is 0 Å². The summed E-state index contributed by atoms with van der Waals surface area (Å²) in [5.74, 6) is 0. The second-order valence-corrected chi connectivity index (χ2v) is 5.85.